The maximum atomic E-state index is 13.5. The van der Waals surface area contributed by atoms with Gasteiger partial charge in [0.25, 0.3) is 0 Å². The van der Waals surface area contributed by atoms with Crippen LogP contribution in [0.5, 0.6) is 0 Å². The molecule has 20 N–H and O–H groups in total. The number of aliphatic carboxylic acids is 5. The first-order valence-corrected chi connectivity index (χ1v) is 22.7. The second kappa shape index (κ2) is 33.1. The van der Waals surface area contributed by atoms with Gasteiger partial charge in [0.15, 0.2) is 0 Å². The van der Waals surface area contributed by atoms with Crippen molar-refractivity contribution >= 4 is 102 Å². The zero-order valence-electron chi connectivity index (χ0n) is 39.5. The Hall–Kier alpha value is -7.68. The zero-order chi connectivity index (χ0) is 56.3. The average Bonchev–Trinajstić information content (AvgIpc) is 3.30. The van der Waals surface area contributed by atoms with Crippen molar-refractivity contribution in [1.29, 1.82) is 0 Å². The van der Waals surface area contributed by atoms with Crippen molar-refractivity contribution in [2.75, 3.05) is 12.4 Å². The molecular weight excluding hydrogens is 1000 g/mol. The standard InChI is InChI=1S/C40H63N11O21S/c1-3-16(2)31(43)39(70)46-19(6-10-27(55)56)32(63)44-18(5-9-26(42)54)34(65)50-23(14-52)37(68)51-24(15-73)38(69)49-21(12-29(59)60)35(66)45-17(4-8-25(41)53)33(64)48-22(13-30(61)62)36(67)47-20(40(71)72)7-11-28(57)58/h16-24,31,52,73H,3-15,43H2,1-2H3,(H2,41,53)(H2,42,54)(H,44,63)(H,45,66)(H,46,70)(H,47,67)(H,48,64)(H,49,69)(H,50,65)(H,51,68)(H,55,56)(H,57,58)(H,59,60)(H,61,62)(H,71,72)/t16-,17-,18-,19-,20-,21-,22-,23-,24-,31-/m0/s1. The molecule has 0 aliphatic rings. The van der Waals surface area contributed by atoms with Crippen LogP contribution in [-0.4, -0.2) is 186 Å². The highest BCUT2D eigenvalue weighted by Gasteiger charge is 2.36. The molecule has 0 aromatic heterocycles. The number of aliphatic hydroxyl groups is 1. The zero-order valence-corrected chi connectivity index (χ0v) is 40.3. The molecule has 0 aromatic rings. The molecule has 0 heterocycles. The Kier molecular flexibility index (Phi) is 29.6. The molecule has 0 aliphatic carbocycles. The van der Waals surface area contributed by atoms with Gasteiger partial charge in [-0.25, -0.2) is 4.79 Å². The largest absolute Gasteiger partial charge is 0.481 e. The first kappa shape index (κ1) is 65.3. The van der Waals surface area contributed by atoms with Crippen molar-refractivity contribution in [3.05, 3.63) is 0 Å². The number of primary amides is 2. The SMILES string of the molecule is CC[C@H](C)[C@H](N)C(=O)N[C@@H](CCC(=O)O)C(=O)N[C@@H](CCC(N)=O)C(=O)N[C@@H](CO)C(=O)N[C@@H](CS)C(=O)N[C@@H](CC(=O)O)C(=O)N[C@@H](CCC(N)=O)C(=O)N[C@@H](CC(=O)O)C(=O)N[C@@H](CCC(=O)O)C(=O)O. The van der Waals surface area contributed by atoms with Crippen LogP contribution in [0.1, 0.15) is 84.5 Å². The van der Waals surface area contributed by atoms with Crippen LogP contribution < -0.4 is 59.7 Å². The second-order valence-corrected chi connectivity index (χ2v) is 16.5. The summed E-state index contributed by atoms with van der Waals surface area (Å²) >= 11 is 3.98. The normalized spacial score (nSPS) is 14.9. The number of thiol groups is 1. The van der Waals surface area contributed by atoms with Crippen LogP contribution in [0.3, 0.4) is 0 Å². The summed E-state index contributed by atoms with van der Waals surface area (Å²) in [4.78, 5) is 187. The molecule has 10 atom stereocenters. The monoisotopic (exact) mass is 1070 g/mol. The number of hydrogen-bond acceptors (Lipinski definition) is 18. The van der Waals surface area contributed by atoms with Crippen LogP contribution in [0.4, 0.5) is 0 Å². The minimum absolute atomic E-state index is 0.375. The molecule has 0 bridgehead atoms. The van der Waals surface area contributed by atoms with E-state index in [1.54, 1.807) is 13.8 Å². The minimum atomic E-state index is -2.14. The van der Waals surface area contributed by atoms with Crippen LogP contribution in [0.25, 0.3) is 0 Å². The maximum Gasteiger partial charge on any atom is 0.326 e. The number of carbonyl (C=O) groups excluding carboxylic acids is 10. The summed E-state index contributed by atoms with van der Waals surface area (Å²) < 4.78 is 0. The van der Waals surface area contributed by atoms with Crippen molar-refractivity contribution < 1.29 is 103 Å². The summed E-state index contributed by atoms with van der Waals surface area (Å²) in [6, 6.07) is -16.4. The van der Waals surface area contributed by atoms with E-state index in [0.717, 1.165) is 0 Å². The number of carbonyl (C=O) groups is 15. The topological polar surface area (TPSA) is 552 Å². The average molecular weight is 1070 g/mol. The summed E-state index contributed by atoms with van der Waals surface area (Å²) in [6.45, 7) is 2.17. The molecule has 0 rings (SSSR count). The Morgan fingerprint density at radius 3 is 1.04 bits per heavy atom. The molecule has 0 unspecified atom stereocenters. The minimum Gasteiger partial charge on any atom is -0.481 e. The summed E-state index contributed by atoms with van der Waals surface area (Å²) in [5.41, 5.74) is 16.3. The molecular formula is C40H63N11O21S. The van der Waals surface area contributed by atoms with E-state index in [-0.39, 0.29) is 5.92 Å². The summed E-state index contributed by atoms with van der Waals surface area (Å²) in [7, 11) is 0. The Bertz CT molecular complexity index is 2060. The molecule has 410 valence electrons. The number of aliphatic hydroxyl groups excluding tert-OH is 1. The van der Waals surface area contributed by atoms with Gasteiger partial charge in [0.05, 0.1) is 25.5 Å². The van der Waals surface area contributed by atoms with E-state index in [9.17, 15) is 97.5 Å². The van der Waals surface area contributed by atoms with Gasteiger partial charge < -0.3 is 90.4 Å². The highest BCUT2D eigenvalue weighted by Crippen LogP contribution is 2.10. The van der Waals surface area contributed by atoms with Crippen molar-refractivity contribution in [3.8, 4) is 0 Å². The van der Waals surface area contributed by atoms with Crippen LogP contribution in [0.15, 0.2) is 0 Å². The van der Waals surface area contributed by atoms with Crippen molar-refractivity contribution in [3.63, 3.8) is 0 Å². The van der Waals surface area contributed by atoms with Crippen molar-refractivity contribution in [2.24, 2.45) is 23.1 Å². The number of nitrogens with two attached hydrogens (primary N) is 3. The fourth-order valence-electron chi connectivity index (χ4n) is 6.02. The summed E-state index contributed by atoms with van der Waals surface area (Å²) in [5, 5.41) is 73.2. The number of amides is 10. The predicted molar refractivity (Wildman–Crippen MR) is 247 cm³/mol. The van der Waals surface area contributed by atoms with Crippen molar-refractivity contribution in [2.45, 2.75) is 139 Å². The molecule has 0 saturated carbocycles. The van der Waals surface area contributed by atoms with E-state index in [4.69, 9.17) is 22.3 Å². The Balaban J connectivity index is 6.46. The number of hydrogen-bond donors (Lipinski definition) is 18. The van der Waals surface area contributed by atoms with Gasteiger partial charge in [0, 0.05) is 31.4 Å². The number of carboxylic acids is 5. The fraction of sp³-hybridized carbons (Fsp3) is 0.625. The Morgan fingerprint density at radius 2 is 0.712 bits per heavy atom. The maximum absolute atomic E-state index is 13.5. The van der Waals surface area contributed by atoms with E-state index in [2.05, 4.69) is 33.9 Å². The van der Waals surface area contributed by atoms with Gasteiger partial charge in [-0.15, -0.1) is 0 Å². The molecule has 0 aromatic carbocycles. The van der Waals surface area contributed by atoms with Gasteiger partial charge in [-0.05, 0) is 31.6 Å². The van der Waals surface area contributed by atoms with Gasteiger partial charge in [0.1, 0.15) is 48.3 Å². The highest BCUT2D eigenvalue weighted by atomic mass is 32.1. The number of carboxylic acid groups (broad SMARTS) is 5. The molecule has 33 heteroatoms. The lowest BCUT2D eigenvalue weighted by Gasteiger charge is -2.27. The molecule has 73 heavy (non-hydrogen) atoms. The van der Waals surface area contributed by atoms with E-state index in [0.29, 0.717) is 6.42 Å². The molecule has 32 nitrogen and oxygen atoms in total. The lowest BCUT2D eigenvalue weighted by molar-refractivity contribution is -0.144. The summed E-state index contributed by atoms with van der Waals surface area (Å²) in [6.07, 6.45) is -7.06. The first-order valence-electron chi connectivity index (χ1n) is 22.0. The Labute approximate surface area is 420 Å². The third-order valence-electron chi connectivity index (χ3n) is 10.4. The van der Waals surface area contributed by atoms with Gasteiger partial charge in [0.2, 0.25) is 59.1 Å². The molecule has 10 amide bonds. The van der Waals surface area contributed by atoms with Gasteiger partial charge in [-0.3, -0.25) is 67.1 Å². The van der Waals surface area contributed by atoms with Gasteiger partial charge in [-0.1, -0.05) is 20.3 Å². The molecule has 0 radical (unpaired) electrons. The van der Waals surface area contributed by atoms with Crippen LogP contribution in [0, 0.1) is 5.92 Å². The third kappa shape index (κ3) is 25.8. The molecule has 0 fully saturated rings. The number of nitrogens with one attached hydrogen (secondary N) is 8. The van der Waals surface area contributed by atoms with Gasteiger partial charge in [-0.2, -0.15) is 12.6 Å². The Morgan fingerprint density at radius 1 is 0.425 bits per heavy atom. The smallest absolute Gasteiger partial charge is 0.326 e. The molecule has 0 spiro atoms. The van der Waals surface area contributed by atoms with E-state index < -0.39 is 220 Å². The fourth-order valence-corrected chi connectivity index (χ4v) is 6.27. The lowest BCUT2D eigenvalue weighted by atomic mass is 9.98. The molecule has 0 saturated heterocycles. The van der Waals surface area contributed by atoms with Crippen LogP contribution >= 0.6 is 12.6 Å². The molecule has 0 aliphatic heterocycles. The van der Waals surface area contributed by atoms with E-state index in [1.807, 2.05) is 21.3 Å². The van der Waals surface area contributed by atoms with Crippen molar-refractivity contribution in [1.82, 2.24) is 42.5 Å². The van der Waals surface area contributed by atoms with Crippen LogP contribution in [0.2, 0.25) is 0 Å². The lowest BCUT2D eigenvalue weighted by Crippen LogP contribution is -2.61. The highest BCUT2D eigenvalue weighted by molar-refractivity contribution is 7.80. The van der Waals surface area contributed by atoms with Gasteiger partial charge >= 0.3 is 29.8 Å². The van der Waals surface area contributed by atoms with E-state index in [1.165, 1.54) is 0 Å². The van der Waals surface area contributed by atoms with E-state index >= 15 is 0 Å². The second-order valence-electron chi connectivity index (χ2n) is 16.2. The van der Waals surface area contributed by atoms with Crippen LogP contribution in [-0.2, 0) is 71.9 Å². The number of rotatable bonds is 37. The summed E-state index contributed by atoms with van der Waals surface area (Å²) in [5.74, 6) is -21.3. The predicted octanol–water partition coefficient (Wildman–Crippen LogP) is -7.55. The third-order valence-corrected chi connectivity index (χ3v) is 10.7. The quantitative estimate of drug-likeness (QED) is 0.0257. The first-order chi connectivity index (χ1) is 34.0.